The maximum Gasteiger partial charge on any atom is 0.305 e. The topological polar surface area (TPSA) is 55.8 Å². The molecule has 4 heteroatoms. The molecule has 1 saturated carbocycles. The van der Waals surface area contributed by atoms with Crippen LogP contribution in [0.4, 0.5) is 0 Å². The lowest BCUT2D eigenvalue weighted by Gasteiger charge is -2.34. The van der Waals surface area contributed by atoms with E-state index in [-0.39, 0.29) is 11.4 Å². The van der Waals surface area contributed by atoms with Crippen LogP contribution in [0, 0.1) is 13.8 Å². The number of ether oxygens (including phenoxy) is 2. The summed E-state index contributed by atoms with van der Waals surface area (Å²) in [5.74, 6) is 0.820. The fraction of sp³-hybridized carbons (Fsp3) is 0.559. The van der Waals surface area contributed by atoms with E-state index in [4.69, 9.17) is 9.47 Å². The summed E-state index contributed by atoms with van der Waals surface area (Å²) in [4.78, 5) is 11.5. The summed E-state index contributed by atoms with van der Waals surface area (Å²) in [5.41, 5.74) is 5.54. The zero-order valence-corrected chi connectivity index (χ0v) is 24.3. The minimum atomic E-state index is -0.633. The van der Waals surface area contributed by atoms with Crippen molar-refractivity contribution in [2.24, 2.45) is 0 Å². The van der Waals surface area contributed by atoms with Gasteiger partial charge >= 0.3 is 5.97 Å². The first-order valence-corrected chi connectivity index (χ1v) is 14.7. The van der Waals surface area contributed by atoms with Crippen molar-refractivity contribution in [1.29, 1.82) is 0 Å². The molecule has 0 amide bonds. The highest BCUT2D eigenvalue weighted by Gasteiger charge is 2.32. The molecule has 0 saturated heterocycles. The van der Waals surface area contributed by atoms with Crippen LogP contribution in [0.2, 0.25) is 0 Å². The van der Waals surface area contributed by atoms with E-state index >= 15 is 0 Å². The third-order valence-corrected chi connectivity index (χ3v) is 8.39. The summed E-state index contributed by atoms with van der Waals surface area (Å²) in [7, 11) is 0. The van der Waals surface area contributed by atoms with Crippen LogP contribution in [-0.4, -0.2) is 29.9 Å². The summed E-state index contributed by atoms with van der Waals surface area (Å²) in [6, 6.07) is 13.5. The minimum Gasteiger partial charge on any atom is -0.493 e. The van der Waals surface area contributed by atoms with Crippen molar-refractivity contribution in [3.63, 3.8) is 0 Å². The zero-order valence-electron chi connectivity index (χ0n) is 24.3. The molecular formula is C34H48O4. The Balaban J connectivity index is 1.68. The summed E-state index contributed by atoms with van der Waals surface area (Å²) in [6.07, 6.45) is 13.3. The molecule has 0 aromatic heterocycles. The average molecular weight is 521 g/mol. The number of rotatable bonds is 14. The molecule has 1 fully saturated rings. The molecule has 1 aliphatic carbocycles. The van der Waals surface area contributed by atoms with Gasteiger partial charge in [-0.05, 0) is 99.6 Å². The summed E-state index contributed by atoms with van der Waals surface area (Å²) >= 11 is 0. The molecule has 2 aromatic carbocycles. The van der Waals surface area contributed by atoms with Crippen LogP contribution in [-0.2, 0) is 14.9 Å². The molecule has 0 aliphatic heterocycles. The lowest BCUT2D eigenvalue weighted by atomic mass is 9.70. The van der Waals surface area contributed by atoms with Crippen molar-refractivity contribution >= 4 is 12.0 Å². The van der Waals surface area contributed by atoms with Gasteiger partial charge in [0.25, 0.3) is 0 Å². The van der Waals surface area contributed by atoms with Gasteiger partial charge in [0.2, 0.25) is 0 Å². The van der Waals surface area contributed by atoms with Crippen molar-refractivity contribution < 1.29 is 19.4 Å². The van der Waals surface area contributed by atoms with Gasteiger partial charge < -0.3 is 14.6 Å². The molecule has 1 N–H and O–H groups in total. The SMILES string of the molecule is CCOC(=O)CCCCCOc1ccc(C(CC)(CC)c2ccc(/C=C/C3(O)CCCC3)c(C)c2)cc1C. The predicted molar refractivity (Wildman–Crippen MR) is 157 cm³/mol. The van der Waals surface area contributed by atoms with Crippen molar-refractivity contribution in [3.8, 4) is 5.75 Å². The number of carbonyl (C=O) groups excluding carboxylic acids is 1. The van der Waals surface area contributed by atoms with Crippen molar-refractivity contribution in [2.45, 2.75) is 110 Å². The Morgan fingerprint density at radius 3 is 2.21 bits per heavy atom. The third-order valence-electron chi connectivity index (χ3n) is 8.39. The maximum absolute atomic E-state index is 11.5. The van der Waals surface area contributed by atoms with E-state index in [1.807, 2.05) is 13.0 Å². The quantitative estimate of drug-likeness (QED) is 0.201. The fourth-order valence-electron chi connectivity index (χ4n) is 5.86. The van der Waals surface area contributed by atoms with Gasteiger partial charge in [0.1, 0.15) is 5.75 Å². The van der Waals surface area contributed by atoms with Gasteiger partial charge in [-0.25, -0.2) is 0 Å². The van der Waals surface area contributed by atoms with Gasteiger partial charge in [0.15, 0.2) is 0 Å². The fourth-order valence-corrected chi connectivity index (χ4v) is 5.86. The smallest absolute Gasteiger partial charge is 0.305 e. The van der Waals surface area contributed by atoms with Gasteiger partial charge in [0.05, 0.1) is 18.8 Å². The normalized spacial score (nSPS) is 15.2. The molecule has 0 bridgehead atoms. The highest BCUT2D eigenvalue weighted by Crippen LogP contribution is 2.41. The van der Waals surface area contributed by atoms with Crippen LogP contribution < -0.4 is 4.74 Å². The van der Waals surface area contributed by atoms with Gasteiger partial charge in [-0.2, -0.15) is 0 Å². The van der Waals surface area contributed by atoms with Gasteiger partial charge in [-0.15, -0.1) is 0 Å². The second kappa shape index (κ2) is 14.0. The molecule has 208 valence electrons. The van der Waals surface area contributed by atoms with E-state index in [1.54, 1.807) is 0 Å². The Labute approximate surface area is 230 Å². The molecule has 0 unspecified atom stereocenters. The molecule has 0 radical (unpaired) electrons. The zero-order chi connectivity index (χ0) is 27.6. The lowest BCUT2D eigenvalue weighted by Crippen LogP contribution is -2.26. The molecular weight excluding hydrogens is 472 g/mol. The number of hydrogen-bond acceptors (Lipinski definition) is 4. The van der Waals surface area contributed by atoms with Crippen molar-refractivity contribution in [1.82, 2.24) is 0 Å². The second-order valence-electron chi connectivity index (χ2n) is 10.9. The lowest BCUT2D eigenvalue weighted by molar-refractivity contribution is -0.143. The van der Waals surface area contributed by atoms with Crippen LogP contribution >= 0.6 is 0 Å². The van der Waals surface area contributed by atoms with Crippen LogP contribution in [0.15, 0.2) is 42.5 Å². The Morgan fingerprint density at radius 1 is 0.947 bits per heavy atom. The number of aryl methyl sites for hydroxylation is 2. The molecule has 2 aromatic rings. The van der Waals surface area contributed by atoms with Crippen LogP contribution in [0.25, 0.3) is 6.08 Å². The Morgan fingerprint density at radius 2 is 1.61 bits per heavy atom. The monoisotopic (exact) mass is 520 g/mol. The summed E-state index contributed by atoms with van der Waals surface area (Å²) in [5, 5.41) is 10.7. The summed E-state index contributed by atoms with van der Waals surface area (Å²) in [6.45, 7) is 11.8. The number of unbranched alkanes of at least 4 members (excludes halogenated alkanes) is 2. The first kappa shape index (κ1) is 30.0. The van der Waals surface area contributed by atoms with Crippen LogP contribution in [0.5, 0.6) is 5.75 Å². The largest absolute Gasteiger partial charge is 0.493 e. The molecule has 4 nitrogen and oxygen atoms in total. The van der Waals surface area contributed by atoms with Gasteiger partial charge in [0, 0.05) is 11.8 Å². The highest BCUT2D eigenvalue weighted by atomic mass is 16.5. The first-order chi connectivity index (χ1) is 18.3. The number of esters is 1. The standard InChI is InChI=1S/C34H48O4/c1-6-34(7-2,29-16-15-28(26(4)24-29)19-22-33(36)20-11-12-21-33)30-17-18-31(27(5)25-30)38-23-13-9-10-14-32(35)37-8-3/h15-19,22,24-25,36H,6-14,20-21,23H2,1-5H3/b22-19+. The average Bonchev–Trinajstić information content (AvgIpc) is 3.34. The first-order valence-electron chi connectivity index (χ1n) is 14.7. The van der Waals surface area contributed by atoms with E-state index in [1.165, 1.54) is 22.3 Å². The summed E-state index contributed by atoms with van der Waals surface area (Å²) < 4.78 is 11.1. The van der Waals surface area contributed by atoms with E-state index in [0.29, 0.717) is 19.6 Å². The third kappa shape index (κ3) is 7.50. The van der Waals surface area contributed by atoms with Crippen LogP contribution in [0.3, 0.4) is 0 Å². The predicted octanol–water partition coefficient (Wildman–Crippen LogP) is 8.23. The highest BCUT2D eigenvalue weighted by molar-refractivity contribution is 5.69. The number of hydrogen-bond donors (Lipinski definition) is 1. The van der Waals surface area contributed by atoms with Crippen molar-refractivity contribution in [3.05, 3.63) is 70.3 Å². The number of carbonyl (C=O) groups is 1. The van der Waals surface area contributed by atoms with Gasteiger partial charge in [-0.1, -0.05) is 69.2 Å². The van der Waals surface area contributed by atoms with E-state index in [2.05, 4.69) is 70.2 Å². The number of aliphatic hydroxyl groups is 1. The number of benzene rings is 2. The van der Waals surface area contributed by atoms with E-state index < -0.39 is 5.60 Å². The Hall–Kier alpha value is -2.59. The molecule has 0 atom stereocenters. The van der Waals surface area contributed by atoms with E-state index in [0.717, 1.165) is 69.1 Å². The molecule has 0 spiro atoms. The van der Waals surface area contributed by atoms with Crippen LogP contribution in [0.1, 0.15) is 113 Å². The molecule has 38 heavy (non-hydrogen) atoms. The molecule has 3 rings (SSSR count). The minimum absolute atomic E-state index is 0.0625. The Kier molecular flexibility index (Phi) is 11.0. The molecule has 1 aliphatic rings. The van der Waals surface area contributed by atoms with E-state index in [9.17, 15) is 9.90 Å². The Bertz CT molecular complexity index is 1070. The van der Waals surface area contributed by atoms with Gasteiger partial charge in [-0.3, -0.25) is 4.79 Å². The maximum atomic E-state index is 11.5. The molecule has 0 heterocycles. The second-order valence-corrected chi connectivity index (χ2v) is 10.9. The van der Waals surface area contributed by atoms with Crippen molar-refractivity contribution in [2.75, 3.05) is 13.2 Å².